The molecule has 1 saturated heterocycles. The molecule has 2 aromatic carbocycles. The first kappa shape index (κ1) is 18.5. The maximum atomic E-state index is 12.9. The molecule has 4 nitrogen and oxygen atoms in total. The van der Waals surface area contributed by atoms with E-state index in [9.17, 15) is 8.42 Å². The summed E-state index contributed by atoms with van der Waals surface area (Å²) >= 11 is 12.1. The fourth-order valence-electron chi connectivity index (χ4n) is 3.07. The zero-order chi connectivity index (χ0) is 18.2. The molecule has 1 aliphatic heterocycles. The van der Waals surface area contributed by atoms with Crippen molar-refractivity contribution in [2.45, 2.75) is 18.7 Å². The van der Waals surface area contributed by atoms with Crippen LogP contribution in [-0.4, -0.2) is 38.9 Å². The van der Waals surface area contributed by atoms with Crippen LogP contribution in [0.4, 0.5) is 5.69 Å². The smallest absolute Gasteiger partial charge is 0.244 e. The number of benzene rings is 2. The number of piperazine rings is 1. The number of rotatable bonds is 3. The summed E-state index contributed by atoms with van der Waals surface area (Å²) in [6, 6.07) is 10.9. The van der Waals surface area contributed by atoms with Crippen LogP contribution in [-0.2, 0) is 10.0 Å². The highest BCUT2D eigenvalue weighted by atomic mass is 35.5. The summed E-state index contributed by atoms with van der Waals surface area (Å²) in [6.07, 6.45) is 0. The van der Waals surface area contributed by atoms with Gasteiger partial charge in [-0.1, -0.05) is 41.4 Å². The van der Waals surface area contributed by atoms with Crippen LogP contribution in [0.25, 0.3) is 0 Å². The van der Waals surface area contributed by atoms with Gasteiger partial charge in [-0.2, -0.15) is 4.31 Å². The minimum Gasteiger partial charge on any atom is -0.369 e. The third-order valence-electron chi connectivity index (χ3n) is 4.69. The molecule has 1 fully saturated rings. The molecule has 1 heterocycles. The van der Waals surface area contributed by atoms with E-state index in [1.807, 2.05) is 6.07 Å². The summed E-state index contributed by atoms with van der Waals surface area (Å²) < 4.78 is 27.3. The van der Waals surface area contributed by atoms with Crippen LogP contribution in [0.5, 0.6) is 0 Å². The van der Waals surface area contributed by atoms with E-state index in [1.165, 1.54) is 21.5 Å². The van der Waals surface area contributed by atoms with Gasteiger partial charge in [-0.3, -0.25) is 0 Å². The molecule has 25 heavy (non-hydrogen) atoms. The Morgan fingerprint density at radius 3 is 2.24 bits per heavy atom. The Balaban J connectivity index is 1.80. The van der Waals surface area contributed by atoms with Crippen molar-refractivity contribution in [3.63, 3.8) is 0 Å². The van der Waals surface area contributed by atoms with E-state index in [4.69, 9.17) is 23.2 Å². The summed E-state index contributed by atoms with van der Waals surface area (Å²) in [7, 11) is -3.65. The van der Waals surface area contributed by atoms with Crippen LogP contribution in [0.2, 0.25) is 10.0 Å². The zero-order valence-electron chi connectivity index (χ0n) is 14.2. The summed E-state index contributed by atoms with van der Waals surface area (Å²) in [5, 5.41) is 0.331. The Hall–Kier alpha value is -1.27. The lowest BCUT2D eigenvalue weighted by Gasteiger charge is -2.36. The number of halogens is 2. The molecule has 0 aliphatic carbocycles. The molecule has 134 valence electrons. The summed E-state index contributed by atoms with van der Waals surface area (Å²) in [5.41, 5.74) is 3.63. The number of anilines is 1. The second-order valence-corrected chi connectivity index (χ2v) is 8.85. The SMILES string of the molecule is Cc1cccc(N2CCN(S(=O)(=O)c3cccc(Cl)c3Cl)CC2)c1C. The van der Waals surface area contributed by atoms with Gasteiger partial charge in [0.1, 0.15) is 4.90 Å². The predicted octanol–water partition coefficient (Wildman–Crippen LogP) is 4.12. The third-order valence-corrected chi connectivity index (χ3v) is 7.56. The van der Waals surface area contributed by atoms with E-state index >= 15 is 0 Å². The molecule has 0 saturated carbocycles. The molecular formula is C18H20Cl2N2O2S. The van der Waals surface area contributed by atoms with Gasteiger partial charge < -0.3 is 4.90 Å². The normalized spacial score (nSPS) is 16.2. The third kappa shape index (κ3) is 3.51. The first-order valence-corrected chi connectivity index (χ1v) is 10.3. The van der Waals surface area contributed by atoms with Gasteiger partial charge in [0.2, 0.25) is 10.0 Å². The average Bonchev–Trinajstić information content (AvgIpc) is 2.60. The number of sulfonamides is 1. The molecular weight excluding hydrogens is 379 g/mol. The summed E-state index contributed by atoms with van der Waals surface area (Å²) in [4.78, 5) is 2.30. The van der Waals surface area contributed by atoms with Crippen molar-refractivity contribution in [2.24, 2.45) is 0 Å². The van der Waals surface area contributed by atoms with Crippen LogP contribution < -0.4 is 4.90 Å². The van der Waals surface area contributed by atoms with Crippen LogP contribution in [0.1, 0.15) is 11.1 Å². The molecule has 0 aromatic heterocycles. The fourth-order valence-corrected chi connectivity index (χ4v) is 5.23. The van der Waals surface area contributed by atoms with E-state index in [1.54, 1.807) is 12.1 Å². The topological polar surface area (TPSA) is 40.6 Å². The maximum Gasteiger partial charge on any atom is 0.244 e. The van der Waals surface area contributed by atoms with Crippen LogP contribution in [0.3, 0.4) is 0 Å². The Labute approximate surface area is 159 Å². The van der Waals surface area contributed by atoms with Gasteiger partial charge in [0, 0.05) is 31.9 Å². The minimum atomic E-state index is -3.65. The van der Waals surface area contributed by atoms with Crippen LogP contribution >= 0.6 is 23.2 Å². The van der Waals surface area contributed by atoms with Crippen molar-refractivity contribution in [3.05, 3.63) is 57.6 Å². The van der Waals surface area contributed by atoms with Crippen LogP contribution in [0, 0.1) is 13.8 Å². The van der Waals surface area contributed by atoms with Crippen molar-refractivity contribution in [1.82, 2.24) is 4.31 Å². The largest absolute Gasteiger partial charge is 0.369 e. The molecule has 7 heteroatoms. The van der Waals surface area contributed by atoms with Crippen molar-refractivity contribution in [1.29, 1.82) is 0 Å². The second-order valence-electron chi connectivity index (χ2n) is 6.16. The van der Waals surface area contributed by atoms with Crippen molar-refractivity contribution >= 4 is 38.9 Å². The fraction of sp³-hybridized carbons (Fsp3) is 0.333. The van der Waals surface area contributed by atoms with Gasteiger partial charge >= 0.3 is 0 Å². The Bertz CT molecular complexity index is 892. The first-order chi connectivity index (χ1) is 11.8. The van der Waals surface area contributed by atoms with Crippen molar-refractivity contribution in [2.75, 3.05) is 31.1 Å². The number of nitrogens with zero attached hydrogens (tertiary/aromatic N) is 2. The molecule has 0 unspecified atom stereocenters. The lowest BCUT2D eigenvalue weighted by Crippen LogP contribution is -2.48. The number of hydrogen-bond donors (Lipinski definition) is 0. The second kappa shape index (κ2) is 7.16. The van der Waals surface area contributed by atoms with Gasteiger partial charge in [0.25, 0.3) is 0 Å². The Morgan fingerprint density at radius 1 is 0.920 bits per heavy atom. The van der Waals surface area contributed by atoms with Gasteiger partial charge in [-0.15, -0.1) is 0 Å². The van der Waals surface area contributed by atoms with Crippen LogP contribution in [0.15, 0.2) is 41.3 Å². The predicted molar refractivity (Wildman–Crippen MR) is 103 cm³/mol. The van der Waals surface area contributed by atoms with Crippen molar-refractivity contribution < 1.29 is 8.42 Å². The van der Waals surface area contributed by atoms with E-state index in [0.29, 0.717) is 26.2 Å². The molecule has 3 rings (SSSR count). The van der Waals surface area contributed by atoms with E-state index in [0.717, 1.165) is 5.69 Å². The van der Waals surface area contributed by atoms with E-state index in [-0.39, 0.29) is 14.9 Å². The number of aryl methyl sites for hydroxylation is 1. The molecule has 1 aliphatic rings. The highest BCUT2D eigenvalue weighted by Gasteiger charge is 2.31. The van der Waals surface area contributed by atoms with Gasteiger partial charge in [-0.05, 0) is 43.2 Å². The van der Waals surface area contributed by atoms with Gasteiger partial charge in [0.15, 0.2) is 0 Å². The first-order valence-electron chi connectivity index (χ1n) is 8.07. The summed E-state index contributed by atoms with van der Waals surface area (Å²) in [5.74, 6) is 0. The van der Waals surface area contributed by atoms with E-state index in [2.05, 4.69) is 30.9 Å². The molecule has 0 N–H and O–H groups in total. The zero-order valence-corrected chi connectivity index (χ0v) is 16.5. The molecule has 0 atom stereocenters. The Morgan fingerprint density at radius 2 is 1.56 bits per heavy atom. The quantitative estimate of drug-likeness (QED) is 0.780. The minimum absolute atomic E-state index is 0.0712. The highest BCUT2D eigenvalue weighted by Crippen LogP contribution is 2.32. The monoisotopic (exact) mass is 398 g/mol. The lowest BCUT2D eigenvalue weighted by atomic mass is 10.1. The maximum absolute atomic E-state index is 12.9. The van der Waals surface area contributed by atoms with Gasteiger partial charge in [-0.25, -0.2) is 8.42 Å². The standard InChI is InChI=1S/C18H20Cl2N2O2S/c1-13-5-3-7-16(14(13)2)21-9-11-22(12-10-21)25(23,24)17-8-4-6-15(19)18(17)20/h3-8H,9-12H2,1-2H3. The molecule has 0 radical (unpaired) electrons. The lowest BCUT2D eigenvalue weighted by molar-refractivity contribution is 0.385. The summed E-state index contributed by atoms with van der Waals surface area (Å²) in [6.45, 7) is 6.29. The highest BCUT2D eigenvalue weighted by molar-refractivity contribution is 7.89. The molecule has 0 bridgehead atoms. The van der Waals surface area contributed by atoms with Gasteiger partial charge in [0.05, 0.1) is 10.0 Å². The van der Waals surface area contributed by atoms with E-state index < -0.39 is 10.0 Å². The average molecular weight is 399 g/mol. The van der Waals surface area contributed by atoms with Crippen molar-refractivity contribution in [3.8, 4) is 0 Å². The molecule has 0 amide bonds. The Kier molecular flexibility index (Phi) is 5.30. The molecule has 2 aromatic rings. The number of hydrogen-bond acceptors (Lipinski definition) is 3. The molecule has 0 spiro atoms.